The van der Waals surface area contributed by atoms with Crippen LogP contribution in [0.25, 0.3) is 0 Å². The van der Waals surface area contributed by atoms with Crippen molar-refractivity contribution in [3.63, 3.8) is 0 Å². The molecule has 2 N–H and O–H groups in total. The number of benzene rings is 1. The Bertz CT molecular complexity index is 881. The number of aryl methyl sites for hydroxylation is 2. The number of nitrogens with one attached hydrogen (secondary N) is 2. The van der Waals surface area contributed by atoms with Gasteiger partial charge in [0.05, 0.1) is 0 Å². The number of hydrogen-bond acceptors (Lipinski definition) is 4. The standard InChI is InChI=1S/C22H24N4O/c1-16-5-6-20(17(2)12-16)21(25-14-18-7-10-23-11-8-18)22(27)26-15-19-4-3-9-24-13-19/h3-13,21,25H,14-15H2,1-2H3,(H,26,27). The molecular formula is C22H24N4O. The van der Waals surface area contributed by atoms with Crippen molar-refractivity contribution in [1.82, 2.24) is 20.6 Å². The summed E-state index contributed by atoms with van der Waals surface area (Å²) in [5, 5.41) is 6.42. The van der Waals surface area contributed by atoms with Gasteiger partial charge in [-0.25, -0.2) is 0 Å². The summed E-state index contributed by atoms with van der Waals surface area (Å²) in [5.74, 6) is -0.0557. The van der Waals surface area contributed by atoms with Crippen molar-refractivity contribution in [1.29, 1.82) is 0 Å². The average Bonchev–Trinajstić information content (AvgIpc) is 2.69. The zero-order valence-electron chi connectivity index (χ0n) is 15.6. The number of nitrogens with zero attached hydrogens (tertiary/aromatic N) is 2. The molecule has 1 aromatic carbocycles. The minimum Gasteiger partial charge on any atom is -0.350 e. The molecule has 0 saturated carbocycles. The Morgan fingerprint density at radius 1 is 0.963 bits per heavy atom. The first-order valence-electron chi connectivity index (χ1n) is 8.99. The molecule has 2 aromatic heterocycles. The quantitative estimate of drug-likeness (QED) is 0.679. The van der Waals surface area contributed by atoms with Crippen LogP contribution >= 0.6 is 0 Å². The Morgan fingerprint density at radius 3 is 2.48 bits per heavy atom. The molecule has 0 fully saturated rings. The predicted octanol–water partition coefficient (Wildman–Crippen LogP) is 3.24. The van der Waals surface area contributed by atoms with Crippen LogP contribution in [0.4, 0.5) is 0 Å². The Kier molecular flexibility index (Phi) is 6.28. The van der Waals surface area contributed by atoms with Gasteiger partial charge in [0.2, 0.25) is 5.91 Å². The van der Waals surface area contributed by atoms with Crippen molar-refractivity contribution >= 4 is 5.91 Å². The molecule has 0 saturated heterocycles. The molecule has 1 atom stereocenters. The minimum absolute atomic E-state index is 0.0557. The number of carbonyl (C=O) groups is 1. The van der Waals surface area contributed by atoms with Gasteiger partial charge in [0.1, 0.15) is 6.04 Å². The van der Waals surface area contributed by atoms with E-state index in [2.05, 4.69) is 33.6 Å². The molecule has 0 spiro atoms. The van der Waals surface area contributed by atoms with E-state index >= 15 is 0 Å². The zero-order chi connectivity index (χ0) is 19.1. The number of amides is 1. The highest BCUT2D eigenvalue weighted by Gasteiger charge is 2.21. The van der Waals surface area contributed by atoms with Crippen LogP contribution in [-0.4, -0.2) is 15.9 Å². The summed E-state index contributed by atoms with van der Waals surface area (Å²) in [7, 11) is 0. The summed E-state index contributed by atoms with van der Waals surface area (Å²) in [6.07, 6.45) is 6.99. The van der Waals surface area contributed by atoms with E-state index in [0.717, 1.165) is 22.3 Å². The lowest BCUT2D eigenvalue weighted by Gasteiger charge is -2.21. The first kappa shape index (κ1) is 18.7. The summed E-state index contributed by atoms with van der Waals surface area (Å²) >= 11 is 0. The highest BCUT2D eigenvalue weighted by Crippen LogP contribution is 2.20. The third kappa shape index (κ3) is 5.21. The van der Waals surface area contributed by atoms with Crippen molar-refractivity contribution in [3.05, 3.63) is 95.1 Å². The van der Waals surface area contributed by atoms with Crippen LogP contribution in [0.15, 0.2) is 67.3 Å². The lowest BCUT2D eigenvalue weighted by atomic mass is 9.98. The van der Waals surface area contributed by atoms with Gasteiger partial charge in [0.15, 0.2) is 0 Å². The maximum atomic E-state index is 13.0. The van der Waals surface area contributed by atoms with Crippen molar-refractivity contribution in [2.45, 2.75) is 33.0 Å². The second kappa shape index (κ2) is 9.05. The zero-order valence-corrected chi connectivity index (χ0v) is 15.6. The SMILES string of the molecule is Cc1ccc(C(NCc2ccncc2)C(=O)NCc2cccnc2)c(C)c1. The highest BCUT2D eigenvalue weighted by molar-refractivity contribution is 5.83. The third-order valence-electron chi connectivity index (χ3n) is 4.45. The number of rotatable bonds is 7. The minimum atomic E-state index is -0.435. The highest BCUT2D eigenvalue weighted by atomic mass is 16.2. The third-order valence-corrected chi connectivity index (χ3v) is 4.45. The average molecular weight is 360 g/mol. The fourth-order valence-corrected chi connectivity index (χ4v) is 3.01. The summed E-state index contributed by atoms with van der Waals surface area (Å²) in [5.41, 5.74) is 5.32. The topological polar surface area (TPSA) is 66.9 Å². The van der Waals surface area contributed by atoms with Crippen LogP contribution in [0.1, 0.15) is 33.9 Å². The smallest absolute Gasteiger partial charge is 0.242 e. The summed E-state index contributed by atoms with van der Waals surface area (Å²) in [6, 6.07) is 13.4. The van der Waals surface area contributed by atoms with E-state index in [0.29, 0.717) is 13.1 Å². The monoisotopic (exact) mass is 360 g/mol. The first-order valence-corrected chi connectivity index (χ1v) is 8.99. The lowest BCUT2D eigenvalue weighted by Crippen LogP contribution is -2.37. The Hall–Kier alpha value is -3.05. The molecule has 27 heavy (non-hydrogen) atoms. The largest absolute Gasteiger partial charge is 0.350 e. The van der Waals surface area contributed by atoms with Crippen LogP contribution in [0.3, 0.4) is 0 Å². The van der Waals surface area contributed by atoms with Crippen LogP contribution in [0.2, 0.25) is 0 Å². The summed E-state index contributed by atoms with van der Waals surface area (Å²) < 4.78 is 0. The van der Waals surface area contributed by atoms with Crippen LogP contribution < -0.4 is 10.6 Å². The van der Waals surface area contributed by atoms with Gasteiger partial charge >= 0.3 is 0 Å². The summed E-state index contributed by atoms with van der Waals surface area (Å²) in [4.78, 5) is 21.1. The van der Waals surface area contributed by atoms with E-state index in [1.54, 1.807) is 24.8 Å². The maximum absolute atomic E-state index is 13.0. The molecule has 1 amide bonds. The summed E-state index contributed by atoms with van der Waals surface area (Å²) in [6.45, 7) is 5.13. The second-order valence-corrected chi connectivity index (χ2v) is 6.61. The van der Waals surface area contributed by atoms with Crippen LogP contribution in [0.5, 0.6) is 0 Å². The Morgan fingerprint density at radius 2 is 1.78 bits per heavy atom. The van der Waals surface area contributed by atoms with E-state index in [9.17, 15) is 4.79 Å². The fraction of sp³-hybridized carbons (Fsp3) is 0.227. The van der Waals surface area contributed by atoms with E-state index in [1.165, 1.54) is 5.56 Å². The predicted molar refractivity (Wildman–Crippen MR) is 106 cm³/mol. The number of aromatic nitrogens is 2. The molecule has 1 unspecified atom stereocenters. The van der Waals surface area contributed by atoms with Crippen molar-refractivity contribution in [2.75, 3.05) is 0 Å². The van der Waals surface area contributed by atoms with Gasteiger partial charge in [-0.15, -0.1) is 0 Å². The van der Waals surface area contributed by atoms with E-state index in [4.69, 9.17) is 0 Å². The number of carbonyl (C=O) groups excluding carboxylic acids is 1. The van der Waals surface area contributed by atoms with E-state index in [1.807, 2.05) is 43.3 Å². The maximum Gasteiger partial charge on any atom is 0.242 e. The molecule has 0 aliphatic heterocycles. The van der Waals surface area contributed by atoms with Crippen molar-refractivity contribution in [3.8, 4) is 0 Å². The van der Waals surface area contributed by atoms with Crippen molar-refractivity contribution in [2.24, 2.45) is 0 Å². The van der Waals surface area contributed by atoms with Gasteiger partial charge in [-0.2, -0.15) is 0 Å². The van der Waals surface area contributed by atoms with Gasteiger partial charge in [0, 0.05) is 37.9 Å². The molecule has 2 heterocycles. The molecule has 5 heteroatoms. The first-order chi connectivity index (χ1) is 13.1. The number of pyridine rings is 2. The van der Waals surface area contributed by atoms with E-state index in [-0.39, 0.29) is 5.91 Å². The molecule has 3 rings (SSSR count). The molecule has 0 aliphatic carbocycles. The van der Waals surface area contributed by atoms with Gasteiger partial charge < -0.3 is 5.32 Å². The lowest BCUT2D eigenvalue weighted by molar-refractivity contribution is -0.123. The normalized spacial score (nSPS) is 11.8. The molecule has 0 radical (unpaired) electrons. The Balaban J connectivity index is 1.76. The molecule has 138 valence electrons. The second-order valence-electron chi connectivity index (χ2n) is 6.61. The van der Waals surface area contributed by atoms with Crippen LogP contribution in [-0.2, 0) is 17.9 Å². The van der Waals surface area contributed by atoms with Gasteiger partial charge in [0.25, 0.3) is 0 Å². The van der Waals surface area contributed by atoms with E-state index < -0.39 is 6.04 Å². The fourth-order valence-electron chi connectivity index (χ4n) is 3.01. The molecule has 0 bridgehead atoms. The molecule has 0 aliphatic rings. The van der Waals surface area contributed by atoms with Crippen molar-refractivity contribution < 1.29 is 4.79 Å². The molecular weight excluding hydrogens is 336 g/mol. The van der Waals surface area contributed by atoms with Gasteiger partial charge in [-0.3, -0.25) is 20.1 Å². The van der Waals surface area contributed by atoms with Gasteiger partial charge in [-0.05, 0) is 54.3 Å². The van der Waals surface area contributed by atoms with Crippen LogP contribution in [0, 0.1) is 13.8 Å². The number of hydrogen-bond donors (Lipinski definition) is 2. The Labute approximate surface area is 159 Å². The molecule has 5 nitrogen and oxygen atoms in total. The van der Waals surface area contributed by atoms with Gasteiger partial charge in [-0.1, -0.05) is 29.8 Å². The molecule has 3 aromatic rings.